The molecule has 0 radical (unpaired) electrons. The van der Waals surface area contributed by atoms with Gasteiger partial charge in [-0.2, -0.15) is 18.2 Å². The second-order valence-corrected chi connectivity index (χ2v) is 12.6. The Morgan fingerprint density at radius 3 is 2.27 bits per heavy atom. The van der Waals surface area contributed by atoms with Crippen LogP contribution in [-0.4, -0.2) is 61.2 Å². The largest absolute Gasteiger partial charge is 0.482 e. The molecule has 5 aromatic rings. The predicted molar refractivity (Wildman–Crippen MR) is 168 cm³/mol. The number of sulfone groups is 1. The van der Waals surface area contributed by atoms with Crippen molar-refractivity contribution >= 4 is 44.8 Å². The number of nitrogens with one attached hydrogen (secondary N) is 1. The number of carbonyl (C=O) groups is 2. The molecule has 0 unspecified atom stereocenters. The first-order valence-electron chi connectivity index (χ1n) is 14.1. The summed E-state index contributed by atoms with van der Waals surface area (Å²) in [6.45, 7) is -0.0547. The number of benzene rings is 3. The number of pyridine rings is 1. The molecule has 1 N–H and O–H groups in total. The molecule has 250 valence electrons. The maximum absolute atomic E-state index is 13.3. The standard InChI is InChI=1S/C32H27F4N5O6S/c1-19(20-4-9-23(33)10-5-20)29(42)37-24-11-6-21(7-12-24)22-8-15-28-38-30(39-40(28)17-22)41(31(43)46-2)26-14-13-25(48(3,44)45)16-27(26)47-18-32(34,35)36/h4-17,19H,18H2,1-3H3,(H,37,42)/t19-/m1/s1. The number of rotatable bonds is 9. The van der Waals surface area contributed by atoms with Gasteiger partial charge in [-0.1, -0.05) is 24.3 Å². The van der Waals surface area contributed by atoms with E-state index in [1.165, 1.54) is 16.6 Å². The number of carbonyl (C=O) groups excluding carboxylic acids is 2. The van der Waals surface area contributed by atoms with Gasteiger partial charge in [0, 0.05) is 29.8 Å². The number of ether oxygens (including phenoxy) is 2. The monoisotopic (exact) mass is 685 g/mol. The molecule has 0 fully saturated rings. The number of nitrogens with zero attached hydrogens (tertiary/aromatic N) is 4. The Hall–Kier alpha value is -5.51. The van der Waals surface area contributed by atoms with Crippen LogP contribution in [0.1, 0.15) is 18.4 Å². The van der Waals surface area contributed by atoms with E-state index in [1.54, 1.807) is 61.7 Å². The SMILES string of the molecule is COC(=O)N(c1nc2ccc(-c3ccc(NC(=O)[C@H](C)c4ccc(F)cc4)cc3)cn2n1)c1ccc(S(C)(=O)=O)cc1OCC(F)(F)F. The van der Waals surface area contributed by atoms with Gasteiger partial charge in [0.25, 0.3) is 5.95 Å². The molecule has 5 rings (SSSR count). The van der Waals surface area contributed by atoms with Gasteiger partial charge in [0.05, 0.1) is 23.6 Å². The van der Waals surface area contributed by atoms with Crippen LogP contribution in [0.4, 0.5) is 39.7 Å². The molecule has 2 amide bonds. The van der Waals surface area contributed by atoms with Crippen molar-refractivity contribution in [3.8, 4) is 16.9 Å². The second kappa shape index (κ2) is 13.3. The van der Waals surface area contributed by atoms with Crippen molar-refractivity contribution in [3.63, 3.8) is 0 Å². The average molecular weight is 686 g/mol. The Labute approximate surface area is 271 Å². The summed E-state index contributed by atoms with van der Waals surface area (Å²) in [5.41, 5.74) is 2.54. The number of amides is 2. The van der Waals surface area contributed by atoms with E-state index in [-0.39, 0.29) is 28.1 Å². The van der Waals surface area contributed by atoms with Gasteiger partial charge in [0.1, 0.15) is 11.6 Å². The molecule has 0 saturated heterocycles. The van der Waals surface area contributed by atoms with Crippen LogP contribution >= 0.6 is 0 Å². The molecule has 0 aliphatic rings. The van der Waals surface area contributed by atoms with Crippen LogP contribution in [0.2, 0.25) is 0 Å². The van der Waals surface area contributed by atoms with Crippen molar-refractivity contribution in [3.05, 3.63) is 96.4 Å². The minimum absolute atomic E-state index is 0.256. The van der Waals surface area contributed by atoms with Crippen molar-refractivity contribution in [1.82, 2.24) is 14.6 Å². The van der Waals surface area contributed by atoms with Gasteiger partial charge in [0.2, 0.25) is 5.91 Å². The summed E-state index contributed by atoms with van der Waals surface area (Å²) >= 11 is 0. The van der Waals surface area contributed by atoms with E-state index in [4.69, 9.17) is 9.47 Å². The molecule has 11 nitrogen and oxygen atoms in total. The molecule has 0 bridgehead atoms. The molecule has 16 heteroatoms. The maximum atomic E-state index is 13.3. The fourth-order valence-corrected chi connectivity index (χ4v) is 5.24. The van der Waals surface area contributed by atoms with Crippen LogP contribution < -0.4 is 15.0 Å². The first-order valence-corrected chi connectivity index (χ1v) is 16.0. The zero-order chi connectivity index (χ0) is 34.8. The molecule has 3 aromatic carbocycles. The Bertz CT molecular complexity index is 2090. The van der Waals surface area contributed by atoms with Crippen LogP contribution in [0, 0.1) is 5.82 Å². The lowest BCUT2D eigenvalue weighted by Crippen LogP contribution is -2.28. The summed E-state index contributed by atoms with van der Waals surface area (Å²) in [7, 11) is -2.81. The molecule has 1 atom stereocenters. The lowest BCUT2D eigenvalue weighted by Gasteiger charge is -2.21. The van der Waals surface area contributed by atoms with E-state index in [2.05, 4.69) is 15.4 Å². The van der Waals surface area contributed by atoms with Crippen LogP contribution in [0.25, 0.3) is 16.8 Å². The minimum atomic E-state index is -4.77. The third kappa shape index (κ3) is 7.71. The van der Waals surface area contributed by atoms with Gasteiger partial charge >= 0.3 is 12.3 Å². The number of methoxy groups -OCH3 is 1. The lowest BCUT2D eigenvalue weighted by molar-refractivity contribution is -0.153. The van der Waals surface area contributed by atoms with Gasteiger partial charge < -0.3 is 14.8 Å². The Morgan fingerprint density at radius 2 is 1.65 bits per heavy atom. The molecular formula is C32H27F4N5O6S. The van der Waals surface area contributed by atoms with Gasteiger partial charge in [-0.25, -0.2) is 27.0 Å². The molecule has 0 aliphatic carbocycles. The quantitative estimate of drug-likeness (QED) is 0.173. The number of anilines is 3. The van der Waals surface area contributed by atoms with Crippen LogP contribution in [0.3, 0.4) is 0 Å². The fourth-order valence-electron chi connectivity index (χ4n) is 4.60. The van der Waals surface area contributed by atoms with Crippen molar-refractivity contribution < 1.29 is 45.0 Å². The number of alkyl halides is 3. The first kappa shape index (κ1) is 33.8. The number of fused-ring (bicyclic) bond motifs is 1. The highest BCUT2D eigenvalue weighted by Gasteiger charge is 2.32. The van der Waals surface area contributed by atoms with E-state index < -0.39 is 46.2 Å². The van der Waals surface area contributed by atoms with E-state index >= 15 is 0 Å². The molecule has 0 spiro atoms. The zero-order valence-corrected chi connectivity index (χ0v) is 26.3. The first-order chi connectivity index (χ1) is 22.6. The number of hydrogen-bond donors (Lipinski definition) is 1. The molecule has 48 heavy (non-hydrogen) atoms. The van der Waals surface area contributed by atoms with Crippen molar-refractivity contribution in [2.24, 2.45) is 0 Å². The summed E-state index contributed by atoms with van der Waals surface area (Å²) in [6.07, 6.45) is -3.38. The van der Waals surface area contributed by atoms with E-state index in [9.17, 15) is 35.6 Å². The molecule has 2 aromatic heterocycles. The number of aromatic nitrogens is 3. The van der Waals surface area contributed by atoms with Gasteiger partial charge in [-0.05, 0) is 66.6 Å². The van der Waals surface area contributed by atoms with Crippen LogP contribution in [0.15, 0.2) is 90.0 Å². The summed E-state index contributed by atoms with van der Waals surface area (Å²) in [5.74, 6) is -2.06. The Balaban J connectivity index is 1.42. The molecule has 0 saturated carbocycles. The maximum Gasteiger partial charge on any atom is 0.422 e. The number of halogens is 4. The second-order valence-electron chi connectivity index (χ2n) is 10.6. The summed E-state index contributed by atoms with van der Waals surface area (Å²) in [4.78, 5) is 30.4. The highest BCUT2D eigenvalue weighted by Crippen LogP contribution is 2.36. The van der Waals surface area contributed by atoms with Gasteiger partial charge in [-0.15, -0.1) is 5.10 Å². The van der Waals surface area contributed by atoms with Crippen LogP contribution in [-0.2, 0) is 19.4 Å². The van der Waals surface area contributed by atoms with E-state index in [0.29, 0.717) is 16.8 Å². The van der Waals surface area contributed by atoms with Gasteiger partial charge in [0.15, 0.2) is 22.1 Å². The summed E-state index contributed by atoms with van der Waals surface area (Å²) < 4.78 is 87.7. The normalized spacial score (nSPS) is 12.4. The van der Waals surface area contributed by atoms with Crippen molar-refractivity contribution in [2.45, 2.75) is 23.9 Å². The molecular weight excluding hydrogens is 658 g/mol. The topological polar surface area (TPSA) is 132 Å². The average Bonchev–Trinajstić information content (AvgIpc) is 3.46. The smallest absolute Gasteiger partial charge is 0.422 e. The molecule has 0 aliphatic heterocycles. The Morgan fingerprint density at radius 1 is 0.979 bits per heavy atom. The van der Waals surface area contributed by atoms with E-state index in [1.807, 2.05) is 0 Å². The van der Waals surface area contributed by atoms with Crippen molar-refractivity contribution in [2.75, 3.05) is 30.2 Å². The predicted octanol–water partition coefficient (Wildman–Crippen LogP) is 6.53. The number of hydrogen-bond acceptors (Lipinski definition) is 8. The van der Waals surface area contributed by atoms with Crippen molar-refractivity contribution in [1.29, 1.82) is 0 Å². The summed E-state index contributed by atoms with van der Waals surface area (Å²) in [6, 6.07) is 19.0. The zero-order valence-electron chi connectivity index (χ0n) is 25.5. The highest BCUT2D eigenvalue weighted by molar-refractivity contribution is 7.90. The third-order valence-corrected chi connectivity index (χ3v) is 8.23. The Kier molecular flexibility index (Phi) is 9.38. The third-order valence-electron chi connectivity index (χ3n) is 7.12. The highest BCUT2D eigenvalue weighted by atomic mass is 32.2. The molecule has 2 heterocycles. The van der Waals surface area contributed by atoms with Gasteiger partial charge in [-0.3, -0.25) is 4.79 Å². The minimum Gasteiger partial charge on any atom is -0.482 e. The van der Waals surface area contributed by atoms with Crippen LogP contribution in [0.5, 0.6) is 5.75 Å². The fraction of sp³-hybridized carbons (Fsp3) is 0.188. The lowest BCUT2D eigenvalue weighted by atomic mass is 10.00. The summed E-state index contributed by atoms with van der Waals surface area (Å²) in [5, 5.41) is 7.16. The van der Waals surface area contributed by atoms with E-state index in [0.717, 1.165) is 42.0 Å².